The standard InChI is InChI=1S/ClHO2.Li.H/c2-1-3;;/h2H;;/q;+1;-1. The first-order chi connectivity index (χ1) is 1.41. The summed E-state index contributed by atoms with van der Waals surface area (Å²) in [5.41, 5.74) is 0. The molecule has 0 atom stereocenters. The summed E-state index contributed by atoms with van der Waals surface area (Å²) in [5, 5.41) is 0. The Hall–Kier alpha value is 0.807. The van der Waals surface area contributed by atoms with Crippen LogP contribution in [0.2, 0.25) is 0 Å². The molecule has 0 radical (unpaired) electrons. The van der Waals surface area contributed by atoms with Crippen LogP contribution in [0, 0.1) is 11.3 Å². The van der Waals surface area contributed by atoms with Gasteiger partial charge in [-0.05, 0) is 0 Å². The van der Waals surface area contributed by atoms with E-state index in [4.69, 9.17) is 9.32 Å². The summed E-state index contributed by atoms with van der Waals surface area (Å²) in [7, 11) is 0. The maximum absolute atomic E-state index is 8.35. The largest absolute Gasteiger partial charge is 1.00 e. The zero-order chi connectivity index (χ0) is 2.71. The molecule has 0 fully saturated rings. The van der Waals surface area contributed by atoms with Gasteiger partial charge in [-0.3, -0.25) is 0 Å². The van der Waals surface area contributed by atoms with Crippen molar-refractivity contribution in [1.82, 2.24) is 0 Å². The zero-order valence-electron chi connectivity index (χ0n) is 3.23. The molecule has 22 valence electrons. The molecule has 0 aromatic carbocycles. The summed E-state index contributed by atoms with van der Waals surface area (Å²) in [6.45, 7) is 0. The third-order valence-electron chi connectivity index (χ3n) is 0. The minimum atomic E-state index is -0.167. The maximum Gasteiger partial charge on any atom is 1.00 e. The van der Waals surface area contributed by atoms with Crippen molar-refractivity contribution in [3.63, 3.8) is 0 Å². The molecule has 0 aliphatic rings. The van der Waals surface area contributed by atoms with Crippen molar-refractivity contribution in [2.75, 3.05) is 0 Å². The quantitative estimate of drug-likeness (QED) is 0.295. The van der Waals surface area contributed by atoms with E-state index in [2.05, 4.69) is 0 Å². The molecule has 0 saturated heterocycles. The predicted molar refractivity (Wildman–Crippen MR) is 3.33 cm³/mol. The van der Waals surface area contributed by atoms with E-state index in [1.54, 1.807) is 0 Å². The van der Waals surface area contributed by atoms with Crippen LogP contribution in [-0.2, 0) is 0 Å². The summed E-state index contributed by atoms with van der Waals surface area (Å²) in [6.07, 6.45) is 0. The summed E-state index contributed by atoms with van der Waals surface area (Å²) in [6, 6.07) is 0. The van der Waals surface area contributed by atoms with E-state index in [-0.39, 0.29) is 31.6 Å². The van der Waals surface area contributed by atoms with Crippen LogP contribution in [0.15, 0.2) is 0 Å². The molecular formula is H2ClLiO2. The van der Waals surface area contributed by atoms with Crippen LogP contribution >= 0.6 is 0 Å². The summed E-state index contributed by atoms with van der Waals surface area (Å²) in [4.78, 5) is 0. The summed E-state index contributed by atoms with van der Waals surface area (Å²) >= 11 is -0.167. The van der Waals surface area contributed by atoms with Gasteiger partial charge >= 0.3 is 30.2 Å². The van der Waals surface area contributed by atoms with Gasteiger partial charge in [-0.2, -0.15) is 0 Å². The van der Waals surface area contributed by atoms with Gasteiger partial charge in [-0.25, -0.2) is 0 Å². The normalized spacial score (nSPS) is 4.50. The van der Waals surface area contributed by atoms with E-state index in [1.165, 1.54) is 0 Å². The fourth-order valence-corrected chi connectivity index (χ4v) is 0. The molecule has 4 heteroatoms. The molecule has 1 N–H and O–H groups in total. The van der Waals surface area contributed by atoms with E-state index in [9.17, 15) is 0 Å². The van der Waals surface area contributed by atoms with Crippen LogP contribution in [0.1, 0.15) is 1.43 Å². The molecule has 0 amide bonds. The van der Waals surface area contributed by atoms with E-state index in [0.717, 1.165) is 0 Å². The average Bonchev–Trinajstić information content (AvgIpc) is 0.918. The average molecular weight is 76.4 g/mol. The second kappa shape index (κ2) is 9.19. The van der Waals surface area contributed by atoms with Crippen molar-refractivity contribution in [3.05, 3.63) is 0 Å². The third kappa shape index (κ3) is 14.1. The number of rotatable bonds is 0. The van der Waals surface area contributed by atoms with Crippen LogP contribution in [-0.4, -0.2) is 4.66 Å². The molecule has 0 aliphatic carbocycles. The molecule has 0 rings (SSSR count). The minimum Gasteiger partial charge on any atom is -1.00 e. The monoisotopic (exact) mass is 76.0 g/mol. The predicted octanol–water partition coefficient (Wildman–Crippen LogP) is -4.63. The van der Waals surface area contributed by atoms with Gasteiger partial charge in [0.25, 0.3) is 0 Å². The Balaban J connectivity index is -0.0000000200. The number of halogens is 1. The summed E-state index contributed by atoms with van der Waals surface area (Å²) < 4.78 is 15.2. The van der Waals surface area contributed by atoms with Gasteiger partial charge in [0.1, 0.15) is 0 Å². The number of hydrogen-bond acceptors (Lipinski definition) is 2. The van der Waals surface area contributed by atoms with Crippen molar-refractivity contribution in [3.8, 4) is 0 Å². The van der Waals surface area contributed by atoms with Gasteiger partial charge in [-0.1, -0.05) is 0 Å². The Kier molecular flexibility index (Phi) is 20.3. The van der Waals surface area contributed by atoms with E-state index in [0.29, 0.717) is 0 Å². The van der Waals surface area contributed by atoms with Crippen LogP contribution in [0.4, 0.5) is 0 Å². The molecule has 0 heterocycles. The summed E-state index contributed by atoms with van der Waals surface area (Å²) in [5.74, 6) is 0. The molecule has 0 saturated carbocycles. The van der Waals surface area contributed by atoms with Gasteiger partial charge in [0.15, 0.2) is 0 Å². The van der Waals surface area contributed by atoms with Crippen LogP contribution in [0.25, 0.3) is 0 Å². The minimum absolute atomic E-state index is 0. The molecule has 0 bridgehead atoms. The van der Waals surface area contributed by atoms with Gasteiger partial charge in [0.05, 0.1) is 0 Å². The molecule has 2 nitrogen and oxygen atoms in total. The van der Waals surface area contributed by atoms with Crippen LogP contribution < -0.4 is 23.5 Å². The Morgan fingerprint density at radius 3 is 2.00 bits per heavy atom. The van der Waals surface area contributed by atoms with Gasteiger partial charge in [-0.15, -0.1) is 4.66 Å². The van der Waals surface area contributed by atoms with Gasteiger partial charge in [0, 0.05) is 0 Å². The van der Waals surface area contributed by atoms with Crippen LogP contribution in [0.5, 0.6) is 0 Å². The van der Waals surface area contributed by atoms with Crippen molar-refractivity contribution < 1.29 is 40.9 Å². The topological polar surface area (TPSA) is 43.3 Å². The molecular weight excluding hydrogens is 74.4 g/mol. The van der Waals surface area contributed by atoms with Crippen molar-refractivity contribution in [1.29, 1.82) is 0 Å². The van der Waals surface area contributed by atoms with Gasteiger partial charge in [0.2, 0.25) is 0 Å². The Morgan fingerprint density at radius 1 is 2.00 bits per heavy atom. The SMILES string of the molecule is [H-].[Li+].[O-][Cl+]O. The molecule has 0 aromatic heterocycles. The molecule has 0 aliphatic heterocycles. The Labute approximate surface area is 41.5 Å². The molecule has 0 spiro atoms. The second-order valence-corrected chi connectivity index (χ2v) is 0.207. The van der Waals surface area contributed by atoms with E-state index in [1.807, 2.05) is 0 Å². The number of hydrogen-bond donors (Lipinski definition) is 1. The van der Waals surface area contributed by atoms with Gasteiger partial charge < -0.3 is 6.09 Å². The second-order valence-electron chi connectivity index (χ2n) is 0.0690. The Morgan fingerprint density at radius 2 is 2.00 bits per heavy atom. The maximum atomic E-state index is 8.35. The fraction of sp³-hybridized carbons (Fsp3) is 0. The third-order valence-corrected chi connectivity index (χ3v) is 0. The Bertz CT molecular complexity index is 9.61. The first kappa shape index (κ1) is 8.84. The van der Waals surface area contributed by atoms with E-state index < -0.39 is 0 Å². The molecule has 0 unspecified atom stereocenters. The zero-order valence-corrected chi connectivity index (χ0v) is 2.99. The first-order valence-electron chi connectivity index (χ1n) is 0.323. The smallest absolute Gasteiger partial charge is 1.00 e. The first-order valence-corrected chi connectivity index (χ1v) is 0.970. The van der Waals surface area contributed by atoms with Crippen molar-refractivity contribution in [2.24, 2.45) is 0 Å². The van der Waals surface area contributed by atoms with Crippen molar-refractivity contribution >= 4 is 0 Å². The fourth-order valence-electron chi connectivity index (χ4n) is 0. The van der Waals surface area contributed by atoms with E-state index >= 15 is 0 Å². The molecule has 4 heavy (non-hydrogen) atoms. The molecule has 0 aromatic rings. The van der Waals surface area contributed by atoms with Crippen molar-refractivity contribution in [2.45, 2.75) is 0 Å². The van der Waals surface area contributed by atoms with Crippen LogP contribution in [0.3, 0.4) is 0 Å².